The molecule has 0 atom stereocenters. The fourth-order valence-electron chi connectivity index (χ4n) is 7.19. The molecule has 2 aliphatic heterocycles. The van der Waals surface area contributed by atoms with Gasteiger partial charge in [0.15, 0.2) is 0 Å². The van der Waals surface area contributed by atoms with Crippen LogP contribution in [-0.2, 0) is 23.2 Å². The van der Waals surface area contributed by atoms with Crippen LogP contribution >= 0.6 is 11.3 Å². The van der Waals surface area contributed by atoms with Crippen molar-refractivity contribution < 1.29 is 24.2 Å². The zero-order valence-electron chi connectivity index (χ0n) is 25.2. The number of amides is 1. The number of carbonyl (C=O) groups excluding carboxylic acids is 1. The standard InChI is InChI=1S/C35H39N3O5S/c1-36-29-21-30(35(40)41)44-34(29)32(23-6-3-2-4-7-23)33(36)24-10-13-27(14-11-24)43-22-25-9-12-26(38-15-5-8-31(38)39)20-28(25)37-16-18-42-19-17-37/h9-14,20-21,23H,2-8,15-19,22H2,1H3,(H,40,41). The number of morpholine rings is 1. The van der Waals surface area contributed by atoms with Crippen molar-refractivity contribution >= 4 is 44.8 Å². The smallest absolute Gasteiger partial charge is 0.345 e. The van der Waals surface area contributed by atoms with Crippen molar-refractivity contribution in [1.29, 1.82) is 0 Å². The molecule has 1 aliphatic carbocycles. The molecule has 0 spiro atoms. The van der Waals surface area contributed by atoms with Crippen LogP contribution in [0.4, 0.5) is 11.4 Å². The number of anilines is 2. The van der Waals surface area contributed by atoms with E-state index in [4.69, 9.17) is 9.47 Å². The number of carboxylic acid groups (broad SMARTS) is 1. The Labute approximate surface area is 261 Å². The van der Waals surface area contributed by atoms with Gasteiger partial charge in [-0.1, -0.05) is 25.3 Å². The molecule has 4 heterocycles. The van der Waals surface area contributed by atoms with E-state index in [1.807, 2.05) is 29.2 Å². The summed E-state index contributed by atoms with van der Waals surface area (Å²) in [6, 6.07) is 16.4. The Morgan fingerprint density at radius 3 is 2.48 bits per heavy atom. The van der Waals surface area contributed by atoms with Gasteiger partial charge in [0.05, 0.1) is 29.1 Å². The first kappa shape index (κ1) is 28.9. The Morgan fingerprint density at radius 1 is 1.00 bits per heavy atom. The molecule has 44 heavy (non-hydrogen) atoms. The topological polar surface area (TPSA) is 84.2 Å². The molecular formula is C35H39N3O5S. The average Bonchev–Trinajstić information content (AvgIpc) is 3.76. The highest BCUT2D eigenvalue weighted by molar-refractivity contribution is 7.21. The molecule has 2 aromatic carbocycles. The molecule has 9 heteroatoms. The molecule has 0 unspecified atom stereocenters. The van der Waals surface area contributed by atoms with Gasteiger partial charge in [-0.05, 0) is 78.8 Å². The maximum absolute atomic E-state index is 12.4. The van der Waals surface area contributed by atoms with Crippen molar-refractivity contribution in [3.8, 4) is 17.0 Å². The molecule has 1 saturated carbocycles. The Hall–Kier alpha value is -3.82. The summed E-state index contributed by atoms with van der Waals surface area (Å²) in [5, 5.41) is 9.67. The van der Waals surface area contributed by atoms with Crippen molar-refractivity contribution in [2.45, 2.75) is 57.5 Å². The van der Waals surface area contributed by atoms with Gasteiger partial charge >= 0.3 is 5.97 Å². The Bertz CT molecular complexity index is 1680. The highest BCUT2D eigenvalue weighted by atomic mass is 32.1. The molecule has 230 valence electrons. The lowest BCUT2D eigenvalue weighted by molar-refractivity contribution is -0.117. The summed E-state index contributed by atoms with van der Waals surface area (Å²) in [4.78, 5) is 28.9. The first-order chi connectivity index (χ1) is 21.5. The molecule has 2 saturated heterocycles. The monoisotopic (exact) mass is 613 g/mol. The molecule has 1 N–H and O–H groups in total. The summed E-state index contributed by atoms with van der Waals surface area (Å²) in [5.74, 6) is 0.564. The highest BCUT2D eigenvalue weighted by Gasteiger charge is 2.28. The summed E-state index contributed by atoms with van der Waals surface area (Å²) >= 11 is 1.41. The van der Waals surface area contributed by atoms with E-state index in [1.165, 1.54) is 41.9 Å². The van der Waals surface area contributed by atoms with Gasteiger partial charge in [-0.15, -0.1) is 11.3 Å². The van der Waals surface area contributed by atoms with Crippen molar-refractivity contribution in [3.63, 3.8) is 0 Å². The number of aromatic carboxylic acids is 1. The molecule has 8 nitrogen and oxygen atoms in total. The molecule has 1 amide bonds. The van der Waals surface area contributed by atoms with E-state index in [0.717, 1.165) is 77.4 Å². The van der Waals surface area contributed by atoms with Crippen LogP contribution in [0, 0.1) is 0 Å². The third-order valence-electron chi connectivity index (χ3n) is 9.46. The van der Waals surface area contributed by atoms with Gasteiger partial charge in [-0.3, -0.25) is 4.79 Å². The number of carbonyl (C=O) groups is 2. The molecular weight excluding hydrogens is 574 g/mol. The van der Waals surface area contributed by atoms with Crippen LogP contribution in [0.25, 0.3) is 21.5 Å². The molecule has 7 rings (SSSR count). The van der Waals surface area contributed by atoms with E-state index < -0.39 is 5.97 Å². The van der Waals surface area contributed by atoms with Crippen LogP contribution in [0.5, 0.6) is 5.75 Å². The molecule has 2 aromatic heterocycles. The maximum atomic E-state index is 12.4. The summed E-state index contributed by atoms with van der Waals surface area (Å²) < 4.78 is 15.3. The van der Waals surface area contributed by atoms with E-state index >= 15 is 0 Å². The number of thiophene rings is 1. The SMILES string of the molecule is Cn1c(-c2ccc(OCc3ccc(N4CCCC4=O)cc3N3CCOCC3)cc2)c(C2CCCCC2)c2sc(C(=O)O)cc21. The van der Waals surface area contributed by atoms with Crippen LogP contribution in [0.1, 0.15) is 71.7 Å². The zero-order valence-corrected chi connectivity index (χ0v) is 26.0. The molecule has 0 radical (unpaired) electrons. The van der Waals surface area contributed by atoms with Crippen molar-refractivity contribution in [3.05, 3.63) is 64.5 Å². The molecule has 0 bridgehead atoms. The van der Waals surface area contributed by atoms with Crippen LogP contribution in [-0.4, -0.2) is 54.4 Å². The van der Waals surface area contributed by atoms with Crippen molar-refractivity contribution in [1.82, 2.24) is 4.57 Å². The maximum Gasteiger partial charge on any atom is 0.345 e. The first-order valence-corrected chi connectivity index (χ1v) is 16.6. The van der Waals surface area contributed by atoms with Crippen molar-refractivity contribution in [2.75, 3.05) is 42.6 Å². The second-order valence-electron chi connectivity index (χ2n) is 12.2. The summed E-state index contributed by atoms with van der Waals surface area (Å²) in [6.07, 6.45) is 7.50. The quantitative estimate of drug-likeness (QED) is 0.226. The van der Waals surface area contributed by atoms with Crippen LogP contribution in [0.2, 0.25) is 0 Å². The van der Waals surface area contributed by atoms with Gasteiger partial charge in [-0.2, -0.15) is 0 Å². The predicted molar refractivity (Wildman–Crippen MR) is 174 cm³/mol. The largest absolute Gasteiger partial charge is 0.489 e. The van der Waals surface area contributed by atoms with Gasteiger partial charge in [0.25, 0.3) is 0 Å². The number of ether oxygens (including phenoxy) is 2. The van der Waals surface area contributed by atoms with Crippen LogP contribution < -0.4 is 14.5 Å². The lowest BCUT2D eigenvalue weighted by atomic mass is 9.83. The normalized spacial score (nSPS) is 18.0. The number of hydrogen-bond donors (Lipinski definition) is 1. The zero-order chi connectivity index (χ0) is 30.2. The van der Waals surface area contributed by atoms with Gasteiger partial charge in [0.2, 0.25) is 5.91 Å². The molecule has 3 fully saturated rings. The van der Waals surface area contributed by atoms with Gasteiger partial charge < -0.3 is 28.9 Å². The third-order valence-corrected chi connectivity index (χ3v) is 10.6. The van der Waals surface area contributed by atoms with E-state index in [0.29, 0.717) is 37.0 Å². The summed E-state index contributed by atoms with van der Waals surface area (Å²) in [5.41, 5.74) is 7.75. The summed E-state index contributed by atoms with van der Waals surface area (Å²) in [7, 11) is 2.05. The van der Waals surface area contributed by atoms with Crippen LogP contribution in [0.3, 0.4) is 0 Å². The second kappa shape index (κ2) is 12.3. The van der Waals surface area contributed by atoms with E-state index in [-0.39, 0.29) is 5.91 Å². The summed E-state index contributed by atoms with van der Waals surface area (Å²) in [6.45, 7) is 4.18. The number of carboxylic acids is 1. The van der Waals surface area contributed by atoms with Crippen LogP contribution in [0.15, 0.2) is 48.5 Å². The Balaban J connectivity index is 1.15. The second-order valence-corrected chi connectivity index (χ2v) is 13.2. The number of nitrogens with zero attached hydrogens (tertiary/aromatic N) is 3. The van der Waals surface area contributed by atoms with E-state index in [2.05, 4.69) is 40.8 Å². The average molecular weight is 614 g/mol. The number of fused-ring (bicyclic) bond motifs is 1. The highest BCUT2D eigenvalue weighted by Crippen LogP contribution is 2.46. The van der Waals surface area contributed by atoms with Gasteiger partial charge in [0.1, 0.15) is 17.2 Å². The first-order valence-electron chi connectivity index (χ1n) is 15.8. The number of aryl methyl sites for hydroxylation is 1. The lowest BCUT2D eigenvalue weighted by Crippen LogP contribution is -2.37. The number of hydrogen-bond acceptors (Lipinski definition) is 6. The predicted octanol–water partition coefficient (Wildman–Crippen LogP) is 7.20. The van der Waals surface area contributed by atoms with E-state index in [1.54, 1.807) is 0 Å². The fraction of sp³-hybridized carbons (Fsp3) is 0.429. The van der Waals surface area contributed by atoms with Gasteiger partial charge in [-0.25, -0.2) is 4.79 Å². The van der Waals surface area contributed by atoms with E-state index in [9.17, 15) is 14.7 Å². The van der Waals surface area contributed by atoms with Crippen molar-refractivity contribution in [2.24, 2.45) is 7.05 Å². The number of aromatic nitrogens is 1. The fourth-order valence-corrected chi connectivity index (χ4v) is 8.34. The Kier molecular flexibility index (Phi) is 8.08. The minimum Gasteiger partial charge on any atom is -0.489 e. The Morgan fingerprint density at radius 2 is 1.77 bits per heavy atom. The minimum atomic E-state index is -0.861. The molecule has 4 aromatic rings. The minimum absolute atomic E-state index is 0.189. The lowest BCUT2D eigenvalue weighted by Gasteiger charge is -2.31. The number of benzene rings is 2. The third kappa shape index (κ3) is 5.48. The number of rotatable bonds is 8. The molecule has 3 aliphatic rings. The van der Waals surface area contributed by atoms with Gasteiger partial charge in [0, 0.05) is 50.0 Å².